The van der Waals surface area contributed by atoms with Crippen LogP contribution in [0.5, 0.6) is 11.5 Å². The molecule has 2 aromatic heterocycles. The predicted octanol–water partition coefficient (Wildman–Crippen LogP) is 3.02. The van der Waals surface area contributed by atoms with Crippen molar-refractivity contribution in [3.05, 3.63) is 47.8 Å². The average molecular weight is 350 g/mol. The van der Waals surface area contributed by atoms with E-state index in [0.717, 1.165) is 61.9 Å². The second kappa shape index (κ2) is 6.20. The summed E-state index contributed by atoms with van der Waals surface area (Å²) < 4.78 is 13.6. The number of hydrogen-bond acceptors (Lipinski definition) is 5. The summed E-state index contributed by atoms with van der Waals surface area (Å²) in [5, 5.41) is 4.73. The summed E-state index contributed by atoms with van der Waals surface area (Å²) in [5.41, 5.74) is 3.32. The Morgan fingerprint density at radius 1 is 1.19 bits per heavy atom. The highest BCUT2D eigenvalue weighted by atomic mass is 16.5. The van der Waals surface area contributed by atoms with Crippen LogP contribution < -0.4 is 14.4 Å². The Hall–Kier alpha value is -2.76. The Labute approximate surface area is 152 Å². The average Bonchev–Trinajstić information content (AvgIpc) is 3.30. The molecular weight excluding hydrogens is 328 g/mol. The van der Waals surface area contributed by atoms with Gasteiger partial charge in [0.15, 0.2) is 11.5 Å². The molecule has 4 heterocycles. The van der Waals surface area contributed by atoms with E-state index in [1.807, 2.05) is 22.8 Å². The zero-order valence-electron chi connectivity index (χ0n) is 14.9. The number of benzene rings is 1. The first kappa shape index (κ1) is 15.5. The van der Waals surface area contributed by atoms with Crippen molar-refractivity contribution < 1.29 is 9.47 Å². The number of fused-ring (bicyclic) bond motifs is 2. The van der Waals surface area contributed by atoms with E-state index in [1.165, 1.54) is 11.1 Å². The lowest BCUT2D eigenvalue weighted by atomic mass is 10.1. The van der Waals surface area contributed by atoms with Gasteiger partial charge in [0.05, 0.1) is 6.61 Å². The molecule has 3 aromatic rings. The smallest absolute Gasteiger partial charge is 0.153 e. The van der Waals surface area contributed by atoms with Crippen molar-refractivity contribution in [3.8, 4) is 11.5 Å². The summed E-state index contributed by atoms with van der Waals surface area (Å²) in [4.78, 5) is 6.65. The van der Waals surface area contributed by atoms with Gasteiger partial charge in [0.25, 0.3) is 0 Å². The first-order valence-electron chi connectivity index (χ1n) is 9.24. The molecule has 2 aliphatic heterocycles. The van der Waals surface area contributed by atoms with Gasteiger partial charge in [-0.2, -0.15) is 0 Å². The molecule has 0 spiro atoms. The molecule has 0 amide bonds. The lowest BCUT2D eigenvalue weighted by Crippen LogP contribution is -2.39. The number of nitrogens with zero attached hydrogens (tertiary/aromatic N) is 4. The van der Waals surface area contributed by atoms with Crippen molar-refractivity contribution in [2.24, 2.45) is 0 Å². The third kappa shape index (κ3) is 2.75. The van der Waals surface area contributed by atoms with E-state index in [2.05, 4.69) is 28.9 Å². The van der Waals surface area contributed by atoms with Crippen LogP contribution >= 0.6 is 0 Å². The van der Waals surface area contributed by atoms with E-state index in [4.69, 9.17) is 14.6 Å². The SMILES string of the molecule is Cc1cc2nccn2nc1N1CCC(Oc2ccc3c(c2)CCO3)CC1. The maximum Gasteiger partial charge on any atom is 0.153 e. The van der Waals surface area contributed by atoms with Crippen molar-refractivity contribution in [3.63, 3.8) is 0 Å². The van der Waals surface area contributed by atoms with Crippen LogP contribution in [-0.4, -0.2) is 40.4 Å². The summed E-state index contributed by atoms with van der Waals surface area (Å²) in [6.07, 6.45) is 6.91. The molecule has 5 rings (SSSR count). The van der Waals surface area contributed by atoms with E-state index >= 15 is 0 Å². The summed E-state index contributed by atoms with van der Waals surface area (Å²) in [7, 11) is 0. The van der Waals surface area contributed by atoms with Crippen molar-refractivity contribution in [2.75, 3.05) is 24.6 Å². The van der Waals surface area contributed by atoms with Crippen molar-refractivity contribution in [1.82, 2.24) is 14.6 Å². The Bertz CT molecular complexity index is 944. The minimum atomic E-state index is 0.254. The van der Waals surface area contributed by atoms with Gasteiger partial charge in [-0.3, -0.25) is 0 Å². The van der Waals surface area contributed by atoms with E-state index in [9.17, 15) is 0 Å². The largest absolute Gasteiger partial charge is 0.493 e. The van der Waals surface area contributed by atoms with Gasteiger partial charge in [0.1, 0.15) is 17.6 Å². The summed E-state index contributed by atoms with van der Waals surface area (Å²) in [5.74, 6) is 3.01. The van der Waals surface area contributed by atoms with Crippen LogP contribution in [0.25, 0.3) is 5.65 Å². The second-order valence-corrected chi connectivity index (χ2v) is 7.05. The lowest BCUT2D eigenvalue weighted by molar-refractivity contribution is 0.170. The molecule has 0 saturated carbocycles. The van der Waals surface area contributed by atoms with E-state index in [1.54, 1.807) is 6.20 Å². The maximum absolute atomic E-state index is 6.24. The van der Waals surface area contributed by atoms with E-state index in [0.29, 0.717) is 0 Å². The fraction of sp³-hybridized carbons (Fsp3) is 0.400. The fourth-order valence-electron chi connectivity index (χ4n) is 3.86. The molecule has 6 nitrogen and oxygen atoms in total. The van der Waals surface area contributed by atoms with Gasteiger partial charge in [-0.05, 0) is 36.8 Å². The number of hydrogen-bond donors (Lipinski definition) is 0. The zero-order chi connectivity index (χ0) is 17.5. The van der Waals surface area contributed by atoms with Gasteiger partial charge in [-0.15, -0.1) is 5.10 Å². The van der Waals surface area contributed by atoms with Crippen LogP contribution in [0.4, 0.5) is 5.82 Å². The third-order valence-corrected chi connectivity index (χ3v) is 5.26. The molecular formula is C20H22N4O2. The number of rotatable bonds is 3. The van der Waals surface area contributed by atoms with E-state index < -0.39 is 0 Å². The standard InChI is InChI=1S/C20H22N4O2/c1-14-12-19-21-7-10-24(19)22-20(14)23-8-4-16(5-9-23)26-17-2-3-18-15(13-17)6-11-25-18/h2-3,7,10,12-13,16H,4-6,8-9,11H2,1H3. The Kier molecular flexibility index (Phi) is 3.69. The second-order valence-electron chi connectivity index (χ2n) is 7.05. The fourth-order valence-corrected chi connectivity index (χ4v) is 3.86. The van der Waals surface area contributed by atoms with Crippen LogP contribution in [0, 0.1) is 6.92 Å². The van der Waals surface area contributed by atoms with Crippen LogP contribution in [0.2, 0.25) is 0 Å². The number of aromatic nitrogens is 3. The topological polar surface area (TPSA) is 51.9 Å². The molecule has 6 heteroatoms. The van der Waals surface area contributed by atoms with Gasteiger partial charge in [-0.1, -0.05) is 0 Å². The summed E-state index contributed by atoms with van der Waals surface area (Å²) >= 11 is 0. The van der Waals surface area contributed by atoms with Crippen LogP contribution in [0.3, 0.4) is 0 Å². The minimum Gasteiger partial charge on any atom is -0.493 e. The van der Waals surface area contributed by atoms with Crippen molar-refractivity contribution >= 4 is 11.5 Å². The maximum atomic E-state index is 6.24. The van der Waals surface area contributed by atoms with Crippen LogP contribution in [0.15, 0.2) is 36.7 Å². The molecule has 0 N–H and O–H groups in total. The summed E-state index contributed by atoms with van der Waals surface area (Å²) in [6, 6.07) is 8.28. The Morgan fingerprint density at radius 3 is 2.96 bits per heavy atom. The van der Waals surface area contributed by atoms with Gasteiger partial charge in [0, 0.05) is 50.3 Å². The molecule has 1 saturated heterocycles. The highest BCUT2D eigenvalue weighted by molar-refractivity contribution is 5.52. The number of imidazole rings is 1. The minimum absolute atomic E-state index is 0.254. The molecule has 0 atom stereocenters. The van der Waals surface area contributed by atoms with Crippen molar-refractivity contribution in [1.29, 1.82) is 0 Å². The Morgan fingerprint density at radius 2 is 2.08 bits per heavy atom. The van der Waals surface area contributed by atoms with Crippen molar-refractivity contribution in [2.45, 2.75) is 32.3 Å². The monoisotopic (exact) mass is 350 g/mol. The van der Waals surface area contributed by atoms with Gasteiger partial charge < -0.3 is 14.4 Å². The zero-order valence-corrected chi connectivity index (χ0v) is 14.9. The molecule has 0 aliphatic carbocycles. The highest BCUT2D eigenvalue weighted by Crippen LogP contribution is 2.31. The van der Waals surface area contributed by atoms with Crippen LogP contribution in [-0.2, 0) is 6.42 Å². The summed E-state index contributed by atoms with van der Waals surface area (Å²) in [6.45, 7) is 4.79. The molecule has 26 heavy (non-hydrogen) atoms. The number of aryl methyl sites for hydroxylation is 1. The molecule has 1 aromatic carbocycles. The number of piperidine rings is 1. The molecule has 0 radical (unpaired) electrons. The van der Waals surface area contributed by atoms with Crippen LogP contribution in [0.1, 0.15) is 24.0 Å². The number of anilines is 1. The molecule has 2 aliphatic rings. The quantitative estimate of drug-likeness (QED) is 0.727. The first-order valence-corrected chi connectivity index (χ1v) is 9.24. The number of ether oxygens (including phenoxy) is 2. The molecule has 0 unspecified atom stereocenters. The van der Waals surface area contributed by atoms with Gasteiger partial charge in [-0.25, -0.2) is 9.50 Å². The molecule has 134 valence electrons. The third-order valence-electron chi connectivity index (χ3n) is 5.26. The first-order chi connectivity index (χ1) is 12.8. The predicted molar refractivity (Wildman–Crippen MR) is 99.2 cm³/mol. The van der Waals surface area contributed by atoms with E-state index in [-0.39, 0.29) is 6.10 Å². The van der Waals surface area contributed by atoms with Gasteiger partial charge in [0.2, 0.25) is 0 Å². The highest BCUT2D eigenvalue weighted by Gasteiger charge is 2.23. The Balaban J connectivity index is 1.26. The lowest BCUT2D eigenvalue weighted by Gasteiger charge is -2.33. The van der Waals surface area contributed by atoms with Gasteiger partial charge >= 0.3 is 0 Å². The normalized spacial score (nSPS) is 17.3. The molecule has 1 fully saturated rings. The molecule has 0 bridgehead atoms.